The van der Waals surface area contributed by atoms with Crippen molar-refractivity contribution in [2.45, 2.75) is 98.2 Å². The van der Waals surface area contributed by atoms with Crippen LogP contribution in [0.4, 0.5) is 0 Å². The quantitative estimate of drug-likeness (QED) is 0.365. The van der Waals surface area contributed by atoms with E-state index >= 15 is 0 Å². The number of aliphatic hydroxyl groups excluding tert-OH is 1. The van der Waals surface area contributed by atoms with Gasteiger partial charge < -0.3 is 14.6 Å². The summed E-state index contributed by atoms with van der Waals surface area (Å²) in [5.41, 5.74) is 2.10. The lowest BCUT2D eigenvalue weighted by atomic mass is 9.47. The number of allylic oxidation sites excluding steroid dienone is 4. The molecule has 4 nitrogen and oxygen atoms in total. The summed E-state index contributed by atoms with van der Waals surface area (Å²) in [6.07, 6.45) is 15.6. The number of hydrogen-bond acceptors (Lipinski definition) is 4. The molecule has 0 aromatic rings. The molecule has 0 spiro atoms. The van der Waals surface area contributed by atoms with E-state index in [0.717, 1.165) is 55.1 Å². The number of methoxy groups -OCH3 is 1. The molecule has 4 rings (SSSR count). The lowest BCUT2D eigenvalue weighted by molar-refractivity contribution is -0.137. The summed E-state index contributed by atoms with van der Waals surface area (Å²) in [7, 11) is 1.58. The zero-order chi connectivity index (χ0) is 23.1. The average Bonchev–Trinajstić information content (AvgIpc) is 3.10. The maximum atomic E-state index is 11.4. The van der Waals surface area contributed by atoms with Crippen molar-refractivity contribution < 1.29 is 19.4 Å². The maximum Gasteiger partial charge on any atom is 0.307 e. The largest absolute Gasteiger partial charge is 0.431 e. The molecule has 0 aromatic heterocycles. The van der Waals surface area contributed by atoms with Crippen molar-refractivity contribution in [2.24, 2.45) is 40.4 Å². The molecular formula is C28H44O4. The van der Waals surface area contributed by atoms with Gasteiger partial charge in [0.15, 0.2) is 6.29 Å². The number of carbonyl (C=O) groups excluding carboxylic acids is 1. The van der Waals surface area contributed by atoms with Gasteiger partial charge in [-0.25, -0.2) is 0 Å². The summed E-state index contributed by atoms with van der Waals surface area (Å²) in [5.74, 6) is 4.53. The summed E-state index contributed by atoms with van der Waals surface area (Å²) >= 11 is 0. The van der Waals surface area contributed by atoms with Gasteiger partial charge in [0.25, 0.3) is 0 Å². The van der Waals surface area contributed by atoms with Gasteiger partial charge in [0, 0.05) is 20.5 Å². The second kappa shape index (κ2) is 9.25. The Labute approximate surface area is 194 Å². The Bertz CT molecular complexity index is 769. The van der Waals surface area contributed by atoms with Crippen LogP contribution >= 0.6 is 0 Å². The van der Waals surface area contributed by atoms with Crippen LogP contribution < -0.4 is 0 Å². The Morgan fingerprint density at radius 3 is 2.69 bits per heavy atom. The van der Waals surface area contributed by atoms with E-state index in [-0.39, 0.29) is 11.4 Å². The van der Waals surface area contributed by atoms with Crippen LogP contribution in [0.2, 0.25) is 0 Å². The molecule has 2 saturated carbocycles. The van der Waals surface area contributed by atoms with Crippen LogP contribution in [0, 0.1) is 40.4 Å². The first-order chi connectivity index (χ1) is 15.2. The van der Waals surface area contributed by atoms with Crippen LogP contribution in [-0.4, -0.2) is 24.5 Å². The Balaban J connectivity index is 1.47. The average molecular weight is 445 g/mol. The van der Waals surface area contributed by atoms with Gasteiger partial charge in [0.2, 0.25) is 0 Å². The van der Waals surface area contributed by atoms with E-state index in [1.54, 1.807) is 7.11 Å². The number of aliphatic hydroxyl groups is 1. The molecule has 0 heterocycles. The summed E-state index contributed by atoms with van der Waals surface area (Å²) in [4.78, 5) is 11.4. The lowest BCUT2D eigenvalue weighted by Gasteiger charge is -2.57. The Morgan fingerprint density at radius 1 is 1.19 bits per heavy atom. The fraction of sp³-hybridized carbons (Fsp3) is 0.821. The van der Waals surface area contributed by atoms with Crippen molar-refractivity contribution >= 4 is 5.97 Å². The number of rotatable bonds is 7. The van der Waals surface area contributed by atoms with Crippen molar-refractivity contribution in [3.63, 3.8) is 0 Å². The van der Waals surface area contributed by atoms with Crippen LogP contribution in [-0.2, 0) is 14.3 Å². The summed E-state index contributed by atoms with van der Waals surface area (Å²) in [5, 5.41) is 9.73. The Morgan fingerprint density at radius 2 is 1.97 bits per heavy atom. The minimum Gasteiger partial charge on any atom is -0.431 e. The SMILES string of the molecule is COC(O)CCC[C@@H](C)[C@H]1CCC2C3CC=C4C=C(OC(C)=O)CC[C@]4(C)C3CC[C@@]21C. The molecule has 2 fully saturated rings. The zero-order valence-electron chi connectivity index (χ0n) is 20.9. The molecule has 0 aliphatic heterocycles. The Hall–Kier alpha value is -1.13. The van der Waals surface area contributed by atoms with Crippen molar-refractivity contribution in [3.05, 3.63) is 23.5 Å². The molecule has 1 N–H and O–H groups in total. The van der Waals surface area contributed by atoms with E-state index in [4.69, 9.17) is 9.47 Å². The number of hydrogen-bond donors (Lipinski definition) is 1. The topological polar surface area (TPSA) is 55.8 Å². The van der Waals surface area contributed by atoms with Gasteiger partial charge in [-0.3, -0.25) is 4.79 Å². The molecule has 4 aliphatic rings. The van der Waals surface area contributed by atoms with Crippen LogP contribution in [0.3, 0.4) is 0 Å². The van der Waals surface area contributed by atoms with Crippen LogP contribution in [0.1, 0.15) is 91.9 Å². The number of ether oxygens (including phenoxy) is 2. The van der Waals surface area contributed by atoms with Crippen molar-refractivity contribution in [1.82, 2.24) is 0 Å². The molecule has 0 bridgehead atoms. The van der Waals surface area contributed by atoms with E-state index < -0.39 is 6.29 Å². The predicted molar refractivity (Wildman–Crippen MR) is 126 cm³/mol. The molecule has 0 amide bonds. The molecule has 0 saturated heterocycles. The normalized spacial score (nSPS) is 40.3. The van der Waals surface area contributed by atoms with E-state index in [1.807, 2.05) is 0 Å². The first kappa shape index (κ1) is 24.0. The molecule has 8 atom stereocenters. The van der Waals surface area contributed by atoms with Gasteiger partial charge in [0.1, 0.15) is 5.76 Å². The van der Waals surface area contributed by atoms with Crippen molar-refractivity contribution in [2.75, 3.05) is 7.11 Å². The monoisotopic (exact) mass is 444 g/mol. The number of fused-ring (bicyclic) bond motifs is 5. The van der Waals surface area contributed by atoms with Crippen LogP contribution in [0.5, 0.6) is 0 Å². The predicted octanol–water partition coefficient (Wildman–Crippen LogP) is 6.39. The van der Waals surface area contributed by atoms with Gasteiger partial charge in [-0.2, -0.15) is 0 Å². The minimum atomic E-state index is -0.612. The highest BCUT2D eigenvalue weighted by atomic mass is 16.6. The summed E-state index contributed by atoms with van der Waals surface area (Å²) in [6, 6.07) is 0. The highest BCUT2D eigenvalue weighted by Crippen LogP contribution is 2.67. The summed E-state index contributed by atoms with van der Waals surface area (Å²) < 4.78 is 10.5. The molecule has 180 valence electrons. The maximum absolute atomic E-state index is 11.4. The summed E-state index contributed by atoms with van der Waals surface area (Å²) in [6.45, 7) is 9.04. The van der Waals surface area contributed by atoms with E-state index in [9.17, 15) is 9.90 Å². The first-order valence-corrected chi connectivity index (χ1v) is 13.0. The third-order valence-corrected chi connectivity index (χ3v) is 10.1. The standard InChI is InChI=1S/C28H44O4/c1-18(7-6-8-26(30)31-5)23-11-12-24-22-10-9-20-17-21(32-19(2)29)13-15-27(20,3)25(22)14-16-28(23,24)4/h9,17-18,22-26,30H,6-8,10-16H2,1-5H3/t18-,22?,23-,24?,25?,26?,27+,28-/m1/s1. The van der Waals surface area contributed by atoms with E-state index in [1.165, 1.54) is 51.0 Å². The highest BCUT2D eigenvalue weighted by Gasteiger charge is 2.58. The second-order valence-electron chi connectivity index (χ2n) is 11.7. The van der Waals surface area contributed by atoms with Crippen molar-refractivity contribution in [3.8, 4) is 0 Å². The molecule has 4 aliphatic carbocycles. The molecule has 4 unspecified atom stereocenters. The first-order valence-electron chi connectivity index (χ1n) is 13.0. The third-order valence-electron chi connectivity index (χ3n) is 10.1. The minimum absolute atomic E-state index is 0.203. The van der Waals surface area contributed by atoms with Crippen LogP contribution in [0.15, 0.2) is 23.5 Å². The zero-order valence-corrected chi connectivity index (χ0v) is 20.9. The smallest absolute Gasteiger partial charge is 0.307 e. The van der Waals surface area contributed by atoms with Crippen molar-refractivity contribution in [1.29, 1.82) is 0 Å². The molecule has 4 heteroatoms. The number of carbonyl (C=O) groups is 1. The van der Waals surface area contributed by atoms with E-state index in [2.05, 4.69) is 32.9 Å². The Kier molecular flexibility index (Phi) is 6.94. The molecule has 0 aromatic carbocycles. The van der Waals surface area contributed by atoms with Gasteiger partial charge in [-0.15, -0.1) is 0 Å². The van der Waals surface area contributed by atoms with Crippen LogP contribution in [0.25, 0.3) is 0 Å². The lowest BCUT2D eigenvalue weighted by Crippen LogP contribution is -2.49. The third kappa shape index (κ3) is 4.22. The molecular weight excluding hydrogens is 400 g/mol. The second-order valence-corrected chi connectivity index (χ2v) is 11.7. The fourth-order valence-electron chi connectivity index (χ4n) is 8.47. The highest BCUT2D eigenvalue weighted by molar-refractivity contribution is 5.67. The number of esters is 1. The fourth-order valence-corrected chi connectivity index (χ4v) is 8.47. The van der Waals surface area contributed by atoms with Gasteiger partial charge in [0.05, 0.1) is 0 Å². The molecule has 0 radical (unpaired) electrons. The van der Waals surface area contributed by atoms with Gasteiger partial charge >= 0.3 is 5.97 Å². The van der Waals surface area contributed by atoms with Gasteiger partial charge in [-0.1, -0.05) is 33.3 Å². The van der Waals surface area contributed by atoms with Gasteiger partial charge in [-0.05, 0) is 103 Å². The molecule has 32 heavy (non-hydrogen) atoms. The van der Waals surface area contributed by atoms with E-state index in [0.29, 0.717) is 11.3 Å².